The van der Waals surface area contributed by atoms with Crippen molar-refractivity contribution in [3.05, 3.63) is 0 Å². The number of nitrogens with zero attached hydrogens (tertiary/aromatic N) is 1. The molecule has 0 saturated carbocycles. The SMILES string of the molecule is C[N+](C)(CCCNS(=O)(=O)CCCCC(CC(F)(C(F)(F)F)C(F)(F)F)CC(F)(C(F)(F)F)C(F)(F)F)CC(=O)O. The number of sulfonamides is 1. The summed E-state index contributed by atoms with van der Waals surface area (Å²) in [5.74, 6) is -5.22. The molecule has 41 heavy (non-hydrogen) atoms. The predicted octanol–water partition coefficient (Wildman–Crippen LogP) is 5.69. The van der Waals surface area contributed by atoms with E-state index in [1.165, 1.54) is 14.1 Å². The summed E-state index contributed by atoms with van der Waals surface area (Å²) < 4.78 is 210. The van der Waals surface area contributed by atoms with E-state index in [0.29, 0.717) is 0 Å². The number of unbranched alkanes of at least 4 members (excludes halogenated alkanes) is 1. The molecule has 21 heteroatoms. The van der Waals surface area contributed by atoms with Crippen molar-refractivity contribution < 1.29 is 84.3 Å². The molecule has 0 bridgehead atoms. The van der Waals surface area contributed by atoms with Gasteiger partial charge in [-0.3, -0.25) is 0 Å². The highest BCUT2D eigenvalue weighted by molar-refractivity contribution is 7.89. The number of rotatable bonds is 16. The average Bonchev–Trinajstić information content (AvgIpc) is 2.70. The third-order valence-corrected chi connectivity index (χ3v) is 7.51. The maximum absolute atomic E-state index is 14.2. The van der Waals surface area contributed by atoms with Crippen LogP contribution in [0.15, 0.2) is 0 Å². The van der Waals surface area contributed by atoms with Crippen LogP contribution in [0.1, 0.15) is 38.5 Å². The Bertz CT molecular complexity index is 891. The molecule has 0 saturated heterocycles. The normalized spacial score (nSPS) is 15.0. The van der Waals surface area contributed by atoms with Gasteiger partial charge in [0.2, 0.25) is 10.0 Å². The zero-order chi connectivity index (χ0) is 32.9. The Balaban J connectivity index is 5.64. The standard InChI is InChI=1S/C20H28F14N2O4S/c1-36(2,12-14(37)38)8-5-7-35-41(39,40)9-4-3-6-13(10-15(21,17(23,24)25)18(26,27)28)11-16(22,19(29,30)31)20(32,33)34/h13,35H,3-12H2,1-2H3/p+1. The van der Waals surface area contributed by atoms with Crippen molar-refractivity contribution in [2.24, 2.45) is 5.92 Å². The van der Waals surface area contributed by atoms with E-state index in [9.17, 15) is 74.7 Å². The van der Waals surface area contributed by atoms with Crippen LogP contribution in [0.4, 0.5) is 61.5 Å². The van der Waals surface area contributed by atoms with Gasteiger partial charge in [-0.15, -0.1) is 0 Å². The maximum atomic E-state index is 14.2. The maximum Gasteiger partial charge on any atom is 0.431 e. The van der Waals surface area contributed by atoms with Crippen LogP contribution in [-0.4, -0.2) is 99.5 Å². The van der Waals surface area contributed by atoms with Crippen molar-refractivity contribution in [2.45, 2.75) is 74.6 Å². The number of hydrogen-bond acceptors (Lipinski definition) is 3. The fourth-order valence-electron chi connectivity index (χ4n) is 3.83. The minimum atomic E-state index is -6.84. The summed E-state index contributed by atoms with van der Waals surface area (Å²) in [4.78, 5) is 10.8. The lowest BCUT2D eigenvalue weighted by molar-refractivity contribution is -0.883. The summed E-state index contributed by atoms with van der Waals surface area (Å²) in [7, 11) is -1.18. The van der Waals surface area contributed by atoms with E-state index in [2.05, 4.69) is 0 Å². The lowest BCUT2D eigenvalue weighted by atomic mass is 9.80. The fourth-order valence-corrected chi connectivity index (χ4v) is 5.02. The van der Waals surface area contributed by atoms with Gasteiger partial charge in [0.05, 0.1) is 26.4 Å². The number of carboxylic acid groups (broad SMARTS) is 1. The van der Waals surface area contributed by atoms with E-state index >= 15 is 0 Å². The van der Waals surface area contributed by atoms with Gasteiger partial charge in [0, 0.05) is 25.8 Å². The fraction of sp³-hybridized carbons (Fsp3) is 0.950. The molecule has 0 unspecified atom stereocenters. The average molecular weight is 660 g/mol. The van der Waals surface area contributed by atoms with E-state index in [1.54, 1.807) is 0 Å². The molecule has 0 radical (unpaired) electrons. The molecule has 6 nitrogen and oxygen atoms in total. The van der Waals surface area contributed by atoms with Crippen molar-refractivity contribution >= 4 is 16.0 Å². The number of carboxylic acids is 1. The van der Waals surface area contributed by atoms with E-state index < -0.39 is 95.8 Å². The van der Waals surface area contributed by atoms with Gasteiger partial charge in [0.15, 0.2) is 6.54 Å². The first-order valence-electron chi connectivity index (χ1n) is 11.6. The molecular weight excluding hydrogens is 630 g/mol. The summed E-state index contributed by atoms with van der Waals surface area (Å²) in [6.45, 7) is -0.391. The van der Waals surface area contributed by atoms with Gasteiger partial charge in [-0.1, -0.05) is 12.8 Å². The van der Waals surface area contributed by atoms with E-state index in [-0.39, 0.29) is 30.5 Å². The zero-order valence-electron chi connectivity index (χ0n) is 21.5. The number of carbonyl (C=O) groups is 1. The first kappa shape index (κ1) is 39.4. The van der Waals surface area contributed by atoms with Crippen LogP contribution in [0.25, 0.3) is 0 Å². The van der Waals surface area contributed by atoms with Crippen LogP contribution in [0.2, 0.25) is 0 Å². The van der Waals surface area contributed by atoms with Crippen molar-refractivity contribution in [1.29, 1.82) is 0 Å². The topological polar surface area (TPSA) is 83.5 Å². The van der Waals surface area contributed by atoms with Gasteiger partial charge in [0.1, 0.15) is 0 Å². The largest absolute Gasteiger partial charge is 0.477 e. The number of halogens is 14. The van der Waals surface area contributed by atoms with Gasteiger partial charge in [-0.05, 0) is 12.3 Å². The first-order chi connectivity index (χ1) is 17.9. The molecule has 0 heterocycles. The number of hydrogen-bond donors (Lipinski definition) is 2. The predicted molar refractivity (Wildman–Crippen MR) is 114 cm³/mol. The molecule has 0 rings (SSSR count). The molecule has 0 atom stereocenters. The summed E-state index contributed by atoms with van der Waals surface area (Å²) in [5.41, 5.74) is -12.6. The molecule has 0 fully saturated rings. The molecule has 0 aliphatic heterocycles. The molecule has 0 aromatic rings. The van der Waals surface area contributed by atoms with Gasteiger partial charge in [-0.25, -0.2) is 26.7 Å². The van der Waals surface area contributed by atoms with Crippen LogP contribution >= 0.6 is 0 Å². The Morgan fingerprint density at radius 3 is 1.46 bits per heavy atom. The molecule has 0 amide bonds. The molecule has 0 aromatic carbocycles. The molecule has 246 valence electrons. The number of alkyl halides is 14. The summed E-state index contributed by atoms with van der Waals surface area (Å²) in [6.07, 6.45) is -36.4. The van der Waals surface area contributed by atoms with Crippen LogP contribution in [0, 0.1) is 5.92 Å². The number of quaternary nitrogens is 1. The molecule has 2 N–H and O–H groups in total. The number of likely N-dealkylation sites (N-methyl/N-ethyl adjacent to an activating group) is 1. The zero-order valence-corrected chi connectivity index (χ0v) is 22.3. The number of nitrogens with one attached hydrogen (secondary N) is 1. The van der Waals surface area contributed by atoms with Crippen LogP contribution in [0.5, 0.6) is 0 Å². The second kappa shape index (κ2) is 13.3. The Labute approximate surface area is 225 Å². The monoisotopic (exact) mass is 659 g/mol. The third-order valence-electron chi connectivity index (χ3n) is 6.04. The molecule has 0 spiro atoms. The molecule has 0 aliphatic carbocycles. The van der Waals surface area contributed by atoms with Crippen LogP contribution < -0.4 is 4.72 Å². The van der Waals surface area contributed by atoms with Crippen molar-refractivity contribution in [3.8, 4) is 0 Å². The van der Waals surface area contributed by atoms with Gasteiger partial charge >= 0.3 is 30.7 Å². The van der Waals surface area contributed by atoms with Crippen molar-refractivity contribution in [3.63, 3.8) is 0 Å². The summed E-state index contributed by atoms with van der Waals surface area (Å²) >= 11 is 0. The van der Waals surface area contributed by atoms with E-state index in [0.717, 1.165) is 0 Å². The van der Waals surface area contributed by atoms with Crippen molar-refractivity contribution in [2.75, 3.05) is 39.5 Å². The highest BCUT2D eigenvalue weighted by atomic mass is 32.2. The quantitative estimate of drug-likeness (QED) is 0.127. The van der Waals surface area contributed by atoms with Gasteiger partial charge < -0.3 is 9.59 Å². The highest BCUT2D eigenvalue weighted by Gasteiger charge is 2.75. The summed E-state index contributed by atoms with van der Waals surface area (Å²) in [5, 5.41) is 8.79. The number of aliphatic carboxylic acids is 1. The van der Waals surface area contributed by atoms with E-state index in [4.69, 9.17) is 5.11 Å². The van der Waals surface area contributed by atoms with Crippen LogP contribution in [-0.2, 0) is 14.8 Å². The van der Waals surface area contributed by atoms with Crippen molar-refractivity contribution in [1.82, 2.24) is 4.72 Å². The smallest absolute Gasteiger partial charge is 0.431 e. The lowest BCUT2D eigenvalue weighted by Gasteiger charge is -2.37. The Morgan fingerprint density at radius 1 is 0.732 bits per heavy atom. The Kier molecular flexibility index (Phi) is 12.8. The summed E-state index contributed by atoms with van der Waals surface area (Å²) in [6, 6.07) is 0. The third kappa shape index (κ3) is 11.5. The Morgan fingerprint density at radius 2 is 1.12 bits per heavy atom. The van der Waals surface area contributed by atoms with Gasteiger partial charge in [-0.2, -0.15) is 52.7 Å². The Hall–Kier alpha value is -1.64. The second-order valence-electron chi connectivity index (χ2n) is 10.1. The minimum absolute atomic E-state index is 0.0454. The minimum Gasteiger partial charge on any atom is -0.477 e. The highest BCUT2D eigenvalue weighted by Crippen LogP contribution is 2.55. The second-order valence-corrected chi connectivity index (χ2v) is 12.1. The first-order valence-corrected chi connectivity index (χ1v) is 13.2. The van der Waals surface area contributed by atoms with E-state index in [1.807, 2.05) is 4.72 Å². The van der Waals surface area contributed by atoms with Gasteiger partial charge in [0.25, 0.3) is 11.3 Å². The molecule has 0 aliphatic rings. The molecule has 0 aromatic heterocycles. The molecular formula is C20H29F14N2O4S+. The van der Waals surface area contributed by atoms with Crippen LogP contribution in [0.3, 0.4) is 0 Å². The lowest BCUT2D eigenvalue weighted by Crippen LogP contribution is -2.57.